The minimum Gasteiger partial charge on any atom is -0.464 e. The number of fused-ring (bicyclic) bond motifs is 2. The maximum absolute atomic E-state index is 12.8. The number of carbonyl (C=O) groups excluding carboxylic acids is 2. The summed E-state index contributed by atoms with van der Waals surface area (Å²) >= 11 is 0. The molecule has 0 bridgehead atoms. The molecule has 154 valence electrons. The van der Waals surface area contributed by atoms with Crippen LogP contribution in [0.4, 0.5) is 11.4 Å². The third kappa shape index (κ3) is 3.68. The van der Waals surface area contributed by atoms with Crippen LogP contribution in [0.1, 0.15) is 27.0 Å². The van der Waals surface area contributed by atoms with Gasteiger partial charge in [-0.1, -0.05) is 12.1 Å². The molecule has 0 saturated carbocycles. The summed E-state index contributed by atoms with van der Waals surface area (Å²) in [4.78, 5) is 31.2. The van der Waals surface area contributed by atoms with Crippen molar-refractivity contribution in [2.24, 2.45) is 0 Å². The Morgan fingerprint density at radius 2 is 2.06 bits per heavy atom. The molecule has 2 aromatic heterocycles. The zero-order valence-electron chi connectivity index (χ0n) is 17.1. The molecule has 0 fully saturated rings. The van der Waals surface area contributed by atoms with Gasteiger partial charge in [0.2, 0.25) is 5.91 Å². The molecule has 2 amide bonds. The van der Waals surface area contributed by atoms with Gasteiger partial charge in [-0.05, 0) is 60.9 Å². The zero-order valence-corrected chi connectivity index (χ0v) is 17.1. The van der Waals surface area contributed by atoms with E-state index in [9.17, 15) is 9.59 Å². The number of pyridine rings is 1. The lowest BCUT2D eigenvalue weighted by Crippen LogP contribution is -2.28. The summed E-state index contributed by atoms with van der Waals surface area (Å²) in [6, 6.07) is 15.2. The number of hydrogen-bond donors (Lipinski definition) is 1. The van der Waals surface area contributed by atoms with Gasteiger partial charge in [-0.3, -0.25) is 14.6 Å². The van der Waals surface area contributed by atoms with Crippen molar-refractivity contribution in [3.8, 4) is 0 Å². The highest BCUT2D eigenvalue weighted by Crippen LogP contribution is 2.32. The third-order valence-electron chi connectivity index (χ3n) is 5.57. The van der Waals surface area contributed by atoms with Gasteiger partial charge in [0.05, 0.1) is 18.2 Å². The van der Waals surface area contributed by atoms with Crippen molar-refractivity contribution < 1.29 is 14.0 Å². The normalized spacial score (nSPS) is 12.7. The lowest BCUT2D eigenvalue weighted by molar-refractivity contribution is -0.115. The van der Waals surface area contributed by atoms with E-state index in [1.165, 1.54) is 0 Å². The Labute approximate surface area is 179 Å². The number of nitrogens with one attached hydrogen (secondary N) is 1. The molecule has 2 aromatic carbocycles. The van der Waals surface area contributed by atoms with Gasteiger partial charge in [0, 0.05) is 41.3 Å². The highest BCUT2D eigenvalue weighted by Gasteiger charge is 2.26. The second-order valence-electron chi connectivity index (χ2n) is 7.78. The summed E-state index contributed by atoms with van der Waals surface area (Å²) in [5, 5.41) is 3.93. The van der Waals surface area contributed by atoms with Crippen molar-refractivity contribution in [2.75, 3.05) is 16.8 Å². The van der Waals surface area contributed by atoms with E-state index >= 15 is 0 Å². The van der Waals surface area contributed by atoms with Crippen molar-refractivity contribution in [3.05, 3.63) is 89.4 Å². The Hall–Kier alpha value is -3.93. The topological polar surface area (TPSA) is 75.4 Å². The number of aromatic nitrogens is 1. The fourth-order valence-electron chi connectivity index (χ4n) is 4.04. The minimum absolute atomic E-state index is 0.0642. The molecule has 1 aliphatic heterocycles. The fourth-order valence-corrected chi connectivity index (χ4v) is 4.04. The number of carbonyl (C=O) groups is 2. The molecule has 31 heavy (non-hydrogen) atoms. The summed E-state index contributed by atoms with van der Waals surface area (Å²) < 4.78 is 5.59. The first-order valence-corrected chi connectivity index (χ1v) is 10.2. The molecule has 1 N–H and O–H groups in total. The van der Waals surface area contributed by atoms with Crippen LogP contribution in [-0.4, -0.2) is 23.3 Å². The average molecular weight is 411 g/mol. The standard InChI is InChI=1S/C25H21N3O3/c1-16-4-6-21-19(15-31-23(21)11-16)13-24(29)27-20-5-7-22-17(12-20)8-10-28(22)25(30)18-3-2-9-26-14-18/h2-7,9,11-12,14-15H,8,10,13H2,1H3,(H,27,29). The van der Waals surface area contributed by atoms with Gasteiger partial charge in [0.15, 0.2) is 0 Å². The predicted octanol–water partition coefficient (Wildman–Crippen LogP) is 4.52. The summed E-state index contributed by atoms with van der Waals surface area (Å²) in [6.07, 6.45) is 5.86. The van der Waals surface area contributed by atoms with E-state index in [2.05, 4.69) is 10.3 Å². The van der Waals surface area contributed by atoms with E-state index in [4.69, 9.17) is 4.42 Å². The number of benzene rings is 2. The molecule has 5 rings (SSSR count). The van der Waals surface area contributed by atoms with Gasteiger partial charge in [0.25, 0.3) is 5.91 Å². The van der Waals surface area contributed by atoms with E-state index in [0.717, 1.165) is 45.5 Å². The molecular formula is C25H21N3O3. The number of rotatable bonds is 4. The first-order chi connectivity index (χ1) is 15.1. The zero-order chi connectivity index (χ0) is 21.4. The van der Waals surface area contributed by atoms with Crippen LogP contribution in [0.5, 0.6) is 0 Å². The van der Waals surface area contributed by atoms with Gasteiger partial charge >= 0.3 is 0 Å². The summed E-state index contributed by atoms with van der Waals surface area (Å²) in [7, 11) is 0. The van der Waals surface area contributed by atoms with Crippen LogP contribution in [0.15, 0.2) is 71.6 Å². The molecule has 0 aliphatic carbocycles. The summed E-state index contributed by atoms with van der Waals surface area (Å²) in [5.74, 6) is -0.171. The lowest BCUT2D eigenvalue weighted by Gasteiger charge is -2.17. The highest BCUT2D eigenvalue weighted by atomic mass is 16.3. The van der Waals surface area contributed by atoms with Crippen LogP contribution in [0, 0.1) is 6.92 Å². The molecule has 0 spiro atoms. The minimum atomic E-state index is -0.107. The van der Waals surface area contributed by atoms with E-state index in [1.54, 1.807) is 35.7 Å². The Balaban J connectivity index is 1.30. The van der Waals surface area contributed by atoms with Gasteiger partial charge in [-0.15, -0.1) is 0 Å². The van der Waals surface area contributed by atoms with Crippen molar-refractivity contribution in [3.63, 3.8) is 0 Å². The number of anilines is 2. The van der Waals surface area contributed by atoms with Gasteiger partial charge in [-0.25, -0.2) is 0 Å². The van der Waals surface area contributed by atoms with Crippen molar-refractivity contribution in [2.45, 2.75) is 19.8 Å². The van der Waals surface area contributed by atoms with Crippen LogP contribution in [0.2, 0.25) is 0 Å². The van der Waals surface area contributed by atoms with E-state index < -0.39 is 0 Å². The largest absolute Gasteiger partial charge is 0.464 e. The Kier molecular flexibility index (Phi) is 4.75. The Morgan fingerprint density at radius 1 is 1.16 bits per heavy atom. The molecule has 6 heteroatoms. The van der Waals surface area contributed by atoms with Crippen molar-refractivity contribution in [1.29, 1.82) is 0 Å². The number of aryl methyl sites for hydroxylation is 1. The molecule has 3 heterocycles. The van der Waals surface area contributed by atoms with Crippen LogP contribution < -0.4 is 10.2 Å². The van der Waals surface area contributed by atoms with Crippen molar-refractivity contribution >= 4 is 34.2 Å². The van der Waals surface area contributed by atoms with Gasteiger partial charge < -0.3 is 14.6 Å². The smallest absolute Gasteiger partial charge is 0.259 e. The van der Waals surface area contributed by atoms with Crippen LogP contribution in [0.3, 0.4) is 0 Å². The first-order valence-electron chi connectivity index (χ1n) is 10.2. The maximum atomic E-state index is 12.8. The molecule has 0 saturated heterocycles. The molecule has 0 atom stereocenters. The molecule has 0 radical (unpaired) electrons. The van der Waals surface area contributed by atoms with Crippen molar-refractivity contribution in [1.82, 2.24) is 4.98 Å². The maximum Gasteiger partial charge on any atom is 0.259 e. The van der Waals surface area contributed by atoms with E-state index in [1.807, 2.05) is 43.3 Å². The monoisotopic (exact) mass is 411 g/mol. The highest BCUT2D eigenvalue weighted by molar-refractivity contribution is 6.07. The molecule has 1 aliphatic rings. The predicted molar refractivity (Wildman–Crippen MR) is 119 cm³/mol. The molecule has 4 aromatic rings. The number of nitrogens with zero attached hydrogens (tertiary/aromatic N) is 2. The van der Waals surface area contributed by atoms with Gasteiger partial charge in [0.1, 0.15) is 5.58 Å². The molecule has 0 unspecified atom stereocenters. The summed E-state index contributed by atoms with van der Waals surface area (Å²) in [6.45, 7) is 2.62. The summed E-state index contributed by atoms with van der Waals surface area (Å²) in [5.41, 5.74) is 5.98. The number of amides is 2. The third-order valence-corrected chi connectivity index (χ3v) is 5.57. The Bertz CT molecular complexity index is 1290. The second kappa shape index (κ2) is 7.72. The van der Waals surface area contributed by atoms with Crippen LogP contribution in [0.25, 0.3) is 11.0 Å². The quantitative estimate of drug-likeness (QED) is 0.536. The van der Waals surface area contributed by atoms with Gasteiger partial charge in [-0.2, -0.15) is 0 Å². The number of furan rings is 1. The molecular weight excluding hydrogens is 390 g/mol. The van der Waals surface area contributed by atoms with Crippen LogP contribution in [-0.2, 0) is 17.6 Å². The van der Waals surface area contributed by atoms with E-state index in [0.29, 0.717) is 12.1 Å². The number of hydrogen-bond acceptors (Lipinski definition) is 4. The lowest BCUT2D eigenvalue weighted by atomic mass is 10.1. The van der Waals surface area contributed by atoms with Crippen LogP contribution >= 0.6 is 0 Å². The first kappa shape index (κ1) is 19.1. The average Bonchev–Trinajstić information content (AvgIpc) is 3.37. The second-order valence-corrected chi connectivity index (χ2v) is 7.78. The molecule has 6 nitrogen and oxygen atoms in total. The fraction of sp³-hybridized carbons (Fsp3) is 0.160. The van der Waals surface area contributed by atoms with E-state index in [-0.39, 0.29) is 18.2 Å². The Morgan fingerprint density at radius 3 is 2.90 bits per heavy atom. The SMILES string of the molecule is Cc1ccc2c(CC(=O)Nc3ccc4c(c3)CCN4C(=O)c3cccnc3)coc2c1.